The summed E-state index contributed by atoms with van der Waals surface area (Å²) >= 11 is 0. The molecule has 1 aliphatic rings. The van der Waals surface area contributed by atoms with Crippen molar-refractivity contribution >= 4 is 0 Å². The fourth-order valence-corrected chi connectivity index (χ4v) is 2.68. The third kappa shape index (κ3) is 2.35. The molecular weight excluding hydrogens is 252 g/mol. The van der Waals surface area contributed by atoms with Gasteiger partial charge >= 0.3 is 0 Å². The van der Waals surface area contributed by atoms with Gasteiger partial charge in [0.2, 0.25) is 0 Å². The van der Waals surface area contributed by atoms with Crippen molar-refractivity contribution in [2.75, 3.05) is 6.54 Å². The Kier molecular flexibility index (Phi) is 3.56. The van der Waals surface area contributed by atoms with Crippen LogP contribution in [0.5, 0.6) is 0 Å². The predicted molar refractivity (Wildman–Crippen MR) is 76.2 cm³/mol. The second-order valence-corrected chi connectivity index (χ2v) is 5.68. The van der Waals surface area contributed by atoms with Crippen LogP contribution in [-0.2, 0) is 20.0 Å². The molecule has 0 aromatic carbocycles. The molecule has 0 saturated heterocycles. The summed E-state index contributed by atoms with van der Waals surface area (Å²) in [5.41, 5.74) is 1.15. The van der Waals surface area contributed by atoms with Gasteiger partial charge in [0.15, 0.2) is 5.82 Å². The molecule has 0 amide bonds. The topological polar surface area (TPSA) is 60.6 Å². The van der Waals surface area contributed by atoms with E-state index < -0.39 is 0 Å². The standard InChI is InChI=1S/C14H22N6/c1-4-10(2)7-12-17-18-14-13(15-5-6-20(12)14)11-8-16-19(3)9-11/h8-10,13,15H,4-7H2,1-3H3. The number of hydrogen-bond acceptors (Lipinski definition) is 4. The van der Waals surface area contributed by atoms with Gasteiger partial charge in [-0.05, 0) is 5.92 Å². The molecule has 0 fully saturated rings. The lowest BCUT2D eigenvalue weighted by Crippen LogP contribution is -2.35. The number of aryl methyl sites for hydroxylation is 1. The van der Waals surface area contributed by atoms with Crippen molar-refractivity contribution in [3.05, 3.63) is 29.6 Å². The molecule has 1 N–H and O–H groups in total. The molecule has 6 heteroatoms. The van der Waals surface area contributed by atoms with Gasteiger partial charge in [0, 0.05) is 38.3 Å². The summed E-state index contributed by atoms with van der Waals surface area (Å²) in [6, 6.07) is 0.107. The molecule has 0 bridgehead atoms. The summed E-state index contributed by atoms with van der Waals surface area (Å²) in [6.07, 6.45) is 6.11. The Bertz CT molecular complexity index is 584. The SMILES string of the molecule is CCC(C)Cc1nnc2n1CCNC2c1cnn(C)c1. The van der Waals surface area contributed by atoms with Crippen LogP contribution < -0.4 is 5.32 Å². The Morgan fingerprint density at radius 3 is 3.00 bits per heavy atom. The molecule has 20 heavy (non-hydrogen) atoms. The summed E-state index contributed by atoms with van der Waals surface area (Å²) in [7, 11) is 1.94. The van der Waals surface area contributed by atoms with Crippen molar-refractivity contribution in [2.24, 2.45) is 13.0 Å². The van der Waals surface area contributed by atoms with E-state index in [9.17, 15) is 0 Å². The Labute approximate surface area is 119 Å². The van der Waals surface area contributed by atoms with Crippen LogP contribution >= 0.6 is 0 Å². The smallest absolute Gasteiger partial charge is 0.154 e. The van der Waals surface area contributed by atoms with Gasteiger partial charge in [-0.15, -0.1) is 10.2 Å². The Balaban J connectivity index is 1.90. The highest BCUT2D eigenvalue weighted by Gasteiger charge is 2.27. The lowest BCUT2D eigenvalue weighted by molar-refractivity contribution is 0.435. The minimum Gasteiger partial charge on any atom is -0.312 e. The van der Waals surface area contributed by atoms with Gasteiger partial charge in [-0.25, -0.2) is 0 Å². The lowest BCUT2D eigenvalue weighted by atomic mass is 10.0. The molecule has 108 valence electrons. The minimum absolute atomic E-state index is 0.107. The third-order valence-corrected chi connectivity index (χ3v) is 4.08. The van der Waals surface area contributed by atoms with E-state index in [2.05, 4.69) is 39.0 Å². The van der Waals surface area contributed by atoms with Crippen molar-refractivity contribution in [3.63, 3.8) is 0 Å². The first-order chi connectivity index (χ1) is 9.69. The van der Waals surface area contributed by atoms with Gasteiger partial charge in [-0.3, -0.25) is 4.68 Å². The first-order valence-electron chi connectivity index (χ1n) is 7.33. The number of rotatable bonds is 4. The van der Waals surface area contributed by atoms with Gasteiger partial charge in [0.1, 0.15) is 5.82 Å². The van der Waals surface area contributed by atoms with Crippen molar-refractivity contribution in [1.82, 2.24) is 29.9 Å². The van der Waals surface area contributed by atoms with Crippen LogP contribution in [0.1, 0.15) is 43.5 Å². The van der Waals surface area contributed by atoms with Crippen LogP contribution in [0.25, 0.3) is 0 Å². The van der Waals surface area contributed by atoms with Crippen LogP contribution in [0, 0.1) is 5.92 Å². The van der Waals surface area contributed by atoms with E-state index in [4.69, 9.17) is 0 Å². The largest absolute Gasteiger partial charge is 0.312 e. The van der Waals surface area contributed by atoms with E-state index >= 15 is 0 Å². The lowest BCUT2D eigenvalue weighted by Gasteiger charge is -2.24. The summed E-state index contributed by atoms with van der Waals surface area (Å²) in [6.45, 7) is 6.38. The van der Waals surface area contributed by atoms with Crippen LogP contribution in [0.15, 0.2) is 12.4 Å². The molecule has 3 heterocycles. The number of hydrogen-bond donors (Lipinski definition) is 1. The molecule has 2 aromatic rings. The zero-order chi connectivity index (χ0) is 14.1. The fraction of sp³-hybridized carbons (Fsp3) is 0.643. The molecule has 2 unspecified atom stereocenters. The van der Waals surface area contributed by atoms with Gasteiger partial charge in [-0.1, -0.05) is 20.3 Å². The summed E-state index contributed by atoms with van der Waals surface area (Å²) < 4.78 is 4.10. The molecule has 0 radical (unpaired) electrons. The Morgan fingerprint density at radius 1 is 1.45 bits per heavy atom. The Morgan fingerprint density at radius 2 is 2.30 bits per heavy atom. The van der Waals surface area contributed by atoms with Crippen LogP contribution in [0.4, 0.5) is 0 Å². The molecule has 0 spiro atoms. The number of fused-ring (bicyclic) bond motifs is 1. The van der Waals surface area contributed by atoms with Crippen molar-refractivity contribution in [3.8, 4) is 0 Å². The Hall–Kier alpha value is -1.69. The number of nitrogens with one attached hydrogen (secondary N) is 1. The first-order valence-corrected chi connectivity index (χ1v) is 7.33. The molecule has 0 aliphatic carbocycles. The second kappa shape index (κ2) is 5.36. The summed E-state index contributed by atoms with van der Waals surface area (Å²) in [5.74, 6) is 2.78. The number of nitrogens with zero attached hydrogens (tertiary/aromatic N) is 5. The van der Waals surface area contributed by atoms with Gasteiger partial charge in [-0.2, -0.15) is 5.10 Å². The second-order valence-electron chi connectivity index (χ2n) is 5.68. The maximum absolute atomic E-state index is 4.42. The summed E-state index contributed by atoms with van der Waals surface area (Å²) in [4.78, 5) is 0. The van der Waals surface area contributed by atoms with E-state index in [0.29, 0.717) is 5.92 Å². The first kappa shape index (κ1) is 13.3. The fourth-order valence-electron chi connectivity index (χ4n) is 2.68. The highest BCUT2D eigenvalue weighted by atomic mass is 15.3. The van der Waals surface area contributed by atoms with Crippen molar-refractivity contribution in [2.45, 2.75) is 39.3 Å². The average molecular weight is 274 g/mol. The molecule has 2 aromatic heterocycles. The molecule has 6 nitrogen and oxygen atoms in total. The minimum atomic E-state index is 0.107. The van der Waals surface area contributed by atoms with E-state index in [-0.39, 0.29) is 6.04 Å². The van der Waals surface area contributed by atoms with Crippen LogP contribution in [-0.4, -0.2) is 31.1 Å². The van der Waals surface area contributed by atoms with Gasteiger partial charge < -0.3 is 9.88 Å². The monoisotopic (exact) mass is 274 g/mol. The highest BCUT2D eigenvalue weighted by molar-refractivity contribution is 5.21. The molecular formula is C14H22N6. The van der Waals surface area contributed by atoms with Crippen LogP contribution in [0.2, 0.25) is 0 Å². The third-order valence-electron chi connectivity index (χ3n) is 4.08. The molecule has 2 atom stereocenters. The zero-order valence-electron chi connectivity index (χ0n) is 12.4. The van der Waals surface area contributed by atoms with Crippen molar-refractivity contribution in [1.29, 1.82) is 0 Å². The molecule has 1 aliphatic heterocycles. The highest BCUT2D eigenvalue weighted by Crippen LogP contribution is 2.24. The van der Waals surface area contributed by atoms with Gasteiger partial charge in [0.05, 0.1) is 12.2 Å². The predicted octanol–water partition coefficient (Wildman–Crippen LogP) is 1.29. The van der Waals surface area contributed by atoms with E-state index in [1.54, 1.807) is 0 Å². The zero-order valence-corrected chi connectivity index (χ0v) is 12.4. The summed E-state index contributed by atoms with van der Waals surface area (Å²) in [5, 5.41) is 16.6. The maximum Gasteiger partial charge on any atom is 0.154 e. The quantitative estimate of drug-likeness (QED) is 0.912. The maximum atomic E-state index is 4.42. The molecule has 3 rings (SSSR count). The van der Waals surface area contributed by atoms with Gasteiger partial charge in [0.25, 0.3) is 0 Å². The van der Waals surface area contributed by atoms with E-state index in [1.807, 2.05) is 24.1 Å². The average Bonchev–Trinajstić information content (AvgIpc) is 3.05. The normalized spacial score (nSPS) is 19.9. The number of aromatic nitrogens is 5. The van der Waals surface area contributed by atoms with E-state index in [0.717, 1.165) is 36.7 Å². The van der Waals surface area contributed by atoms with Crippen molar-refractivity contribution < 1.29 is 0 Å². The molecule has 0 saturated carbocycles. The van der Waals surface area contributed by atoms with Crippen LogP contribution in [0.3, 0.4) is 0 Å². The van der Waals surface area contributed by atoms with E-state index in [1.165, 1.54) is 6.42 Å².